The van der Waals surface area contributed by atoms with E-state index in [1.54, 1.807) is 0 Å². The third-order valence-electron chi connectivity index (χ3n) is 4.71. The lowest BCUT2D eigenvalue weighted by molar-refractivity contribution is -0.121. The molecule has 0 aliphatic rings. The molecule has 2 aromatic carbocycles. The zero-order valence-electron chi connectivity index (χ0n) is 18.7. The van der Waals surface area contributed by atoms with Gasteiger partial charge in [0.1, 0.15) is 0 Å². The zero-order valence-corrected chi connectivity index (χ0v) is 18.7. The highest BCUT2D eigenvalue weighted by Gasteiger charge is 2.14. The van der Waals surface area contributed by atoms with Crippen LogP contribution in [0.1, 0.15) is 52.1 Å². The van der Waals surface area contributed by atoms with Gasteiger partial charge in [0.15, 0.2) is 46.1 Å². The average molecular weight is 452 g/mol. The van der Waals surface area contributed by atoms with Crippen molar-refractivity contribution in [1.82, 2.24) is 0 Å². The van der Waals surface area contributed by atoms with Crippen molar-refractivity contribution in [3.8, 4) is 23.0 Å². The first-order chi connectivity index (χ1) is 15.6. The second kappa shape index (κ2) is 10.9. The first-order valence-corrected chi connectivity index (χ1v) is 9.83. The van der Waals surface area contributed by atoms with Gasteiger partial charge in [-0.2, -0.15) is 0 Å². The number of ketones is 4. The Kier molecular flexibility index (Phi) is 8.28. The van der Waals surface area contributed by atoms with E-state index in [4.69, 9.17) is 9.47 Å². The standard InChI is InChI=1S/C25H24O8/c1-14(26)20-12-22(30)24(32-3)9-16(20)5-7-18(28)11-19(29)8-6-17-10-25(33-4)23(31)13-21(17)15(2)27/h5-10,12-13,30-31H,11H2,1-4H3/b7-5+,8-6+. The molecular weight excluding hydrogens is 428 g/mol. The molecule has 0 aliphatic carbocycles. The summed E-state index contributed by atoms with van der Waals surface area (Å²) in [6.45, 7) is 2.64. The van der Waals surface area contributed by atoms with Gasteiger partial charge in [-0.15, -0.1) is 0 Å². The number of benzene rings is 2. The lowest BCUT2D eigenvalue weighted by Crippen LogP contribution is -2.03. The summed E-state index contributed by atoms with van der Waals surface area (Å²) in [5.41, 5.74) is 1.11. The molecule has 0 saturated heterocycles. The molecule has 0 atom stereocenters. The third-order valence-corrected chi connectivity index (χ3v) is 4.71. The van der Waals surface area contributed by atoms with E-state index >= 15 is 0 Å². The molecule has 0 unspecified atom stereocenters. The van der Waals surface area contributed by atoms with Crippen molar-refractivity contribution in [2.45, 2.75) is 20.3 Å². The van der Waals surface area contributed by atoms with E-state index in [0.29, 0.717) is 11.1 Å². The number of rotatable bonds is 10. The van der Waals surface area contributed by atoms with Gasteiger partial charge in [0.25, 0.3) is 0 Å². The summed E-state index contributed by atoms with van der Waals surface area (Å²) in [6, 6.07) is 5.33. The first kappa shape index (κ1) is 25.1. The predicted octanol–water partition coefficient (Wildman–Crippen LogP) is 3.78. The molecule has 2 N–H and O–H groups in total. The second-order valence-corrected chi connectivity index (χ2v) is 7.11. The summed E-state index contributed by atoms with van der Waals surface area (Å²) in [5.74, 6) is -1.80. The molecule has 8 nitrogen and oxygen atoms in total. The molecule has 0 spiro atoms. The Labute approximate surface area is 190 Å². The number of hydrogen-bond donors (Lipinski definition) is 2. The summed E-state index contributed by atoms with van der Waals surface area (Å²) in [5, 5.41) is 19.7. The number of Topliss-reactive ketones (excluding diaryl/α,β-unsaturated/α-hetero) is 2. The van der Waals surface area contributed by atoms with Gasteiger partial charge in [-0.1, -0.05) is 12.2 Å². The van der Waals surface area contributed by atoms with Crippen LogP contribution < -0.4 is 9.47 Å². The van der Waals surface area contributed by atoms with Gasteiger partial charge in [0.2, 0.25) is 0 Å². The lowest BCUT2D eigenvalue weighted by Gasteiger charge is -2.08. The summed E-state index contributed by atoms with van der Waals surface area (Å²) < 4.78 is 10.0. The summed E-state index contributed by atoms with van der Waals surface area (Å²) >= 11 is 0. The highest BCUT2D eigenvalue weighted by atomic mass is 16.5. The van der Waals surface area contributed by atoms with Gasteiger partial charge in [-0.25, -0.2) is 0 Å². The topological polar surface area (TPSA) is 127 Å². The molecule has 33 heavy (non-hydrogen) atoms. The van der Waals surface area contributed by atoms with E-state index in [0.717, 1.165) is 12.2 Å². The van der Waals surface area contributed by atoms with Crippen LogP contribution in [0, 0.1) is 0 Å². The van der Waals surface area contributed by atoms with Crippen LogP contribution in [0.3, 0.4) is 0 Å². The molecule has 0 radical (unpaired) electrons. The normalized spacial score (nSPS) is 11.0. The molecule has 0 aliphatic heterocycles. The maximum absolute atomic E-state index is 12.2. The Morgan fingerprint density at radius 1 is 0.727 bits per heavy atom. The van der Waals surface area contributed by atoms with Crippen molar-refractivity contribution >= 4 is 35.3 Å². The highest BCUT2D eigenvalue weighted by Crippen LogP contribution is 2.31. The van der Waals surface area contributed by atoms with Crippen molar-refractivity contribution < 1.29 is 38.9 Å². The van der Waals surface area contributed by atoms with Gasteiger partial charge in [-0.3, -0.25) is 19.2 Å². The van der Waals surface area contributed by atoms with Crippen LogP contribution in [-0.4, -0.2) is 47.6 Å². The Morgan fingerprint density at radius 3 is 1.39 bits per heavy atom. The number of ether oxygens (including phenoxy) is 2. The Bertz CT molecular complexity index is 1080. The van der Waals surface area contributed by atoms with Crippen LogP contribution >= 0.6 is 0 Å². The number of hydrogen-bond acceptors (Lipinski definition) is 8. The molecule has 0 heterocycles. The summed E-state index contributed by atoms with van der Waals surface area (Å²) in [7, 11) is 2.71. The molecule has 0 saturated carbocycles. The Hall–Kier alpha value is -4.20. The molecular formula is C25H24O8. The maximum atomic E-state index is 12.2. The predicted molar refractivity (Wildman–Crippen MR) is 122 cm³/mol. The van der Waals surface area contributed by atoms with E-state index in [9.17, 15) is 29.4 Å². The van der Waals surface area contributed by atoms with Crippen molar-refractivity contribution in [2.75, 3.05) is 14.2 Å². The Morgan fingerprint density at radius 2 is 1.09 bits per heavy atom. The average Bonchev–Trinajstić information content (AvgIpc) is 2.76. The minimum Gasteiger partial charge on any atom is -0.504 e. The number of carbonyl (C=O) groups is 4. The molecule has 0 aromatic heterocycles. The Balaban J connectivity index is 2.19. The zero-order chi connectivity index (χ0) is 24.7. The monoisotopic (exact) mass is 452 g/mol. The van der Waals surface area contributed by atoms with Crippen LogP contribution in [0.4, 0.5) is 0 Å². The van der Waals surface area contributed by atoms with Crippen LogP contribution in [-0.2, 0) is 9.59 Å². The molecule has 0 amide bonds. The number of aromatic hydroxyl groups is 2. The van der Waals surface area contributed by atoms with Gasteiger partial charge >= 0.3 is 0 Å². The minimum absolute atomic E-state index is 0.136. The molecule has 8 heteroatoms. The van der Waals surface area contributed by atoms with Crippen LogP contribution in [0.2, 0.25) is 0 Å². The van der Waals surface area contributed by atoms with E-state index in [2.05, 4.69) is 0 Å². The van der Waals surface area contributed by atoms with Crippen molar-refractivity contribution in [3.63, 3.8) is 0 Å². The van der Waals surface area contributed by atoms with Crippen molar-refractivity contribution in [3.05, 3.63) is 58.7 Å². The molecule has 0 fully saturated rings. The maximum Gasteiger partial charge on any atom is 0.163 e. The minimum atomic E-state index is -0.513. The van der Waals surface area contributed by atoms with E-state index in [1.165, 1.54) is 64.5 Å². The number of phenols is 2. The van der Waals surface area contributed by atoms with Gasteiger partial charge in [-0.05, 0) is 61.4 Å². The first-order valence-electron chi connectivity index (χ1n) is 9.83. The van der Waals surface area contributed by atoms with Crippen molar-refractivity contribution in [2.24, 2.45) is 0 Å². The number of carbonyl (C=O) groups excluding carboxylic acids is 4. The smallest absolute Gasteiger partial charge is 0.163 e. The lowest BCUT2D eigenvalue weighted by atomic mass is 10.0. The summed E-state index contributed by atoms with van der Waals surface area (Å²) in [6.07, 6.45) is 4.62. The largest absolute Gasteiger partial charge is 0.504 e. The molecule has 0 bridgehead atoms. The SMILES string of the molecule is COc1cc(/C=C/C(=O)CC(=O)/C=C/c2cc(OC)c(O)cc2C(C)=O)c(C(C)=O)cc1O. The van der Waals surface area contributed by atoms with E-state index in [-0.39, 0.29) is 45.7 Å². The van der Waals surface area contributed by atoms with Crippen LogP contribution in [0.5, 0.6) is 23.0 Å². The number of phenolic OH excluding ortho intramolecular Hbond substituents is 2. The second-order valence-electron chi connectivity index (χ2n) is 7.11. The van der Waals surface area contributed by atoms with E-state index in [1.807, 2.05) is 0 Å². The molecule has 2 rings (SSSR count). The third kappa shape index (κ3) is 6.39. The van der Waals surface area contributed by atoms with Gasteiger partial charge in [0, 0.05) is 11.1 Å². The fourth-order valence-corrected chi connectivity index (χ4v) is 3.04. The van der Waals surface area contributed by atoms with E-state index < -0.39 is 18.0 Å². The van der Waals surface area contributed by atoms with Crippen molar-refractivity contribution in [1.29, 1.82) is 0 Å². The fraction of sp³-hybridized carbons (Fsp3) is 0.200. The highest BCUT2D eigenvalue weighted by molar-refractivity contribution is 6.11. The number of allylic oxidation sites excluding steroid dienone is 2. The quantitative estimate of drug-likeness (QED) is 0.317. The van der Waals surface area contributed by atoms with Gasteiger partial charge in [0.05, 0.1) is 20.6 Å². The number of methoxy groups -OCH3 is 2. The van der Waals surface area contributed by atoms with Crippen LogP contribution in [0.25, 0.3) is 12.2 Å². The molecule has 2 aromatic rings. The van der Waals surface area contributed by atoms with Gasteiger partial charge < -0.3 is 19.7 Å². The summed E-state index contributed by atoms with van der Waals surface area (Å²) in [4.78, 5) is 48.1. The molecule has 172 valence electrons. The van der Waals surface area contributed by atoms with Crippen LogP contribution in [0.15, 0.2) is 36.4 Å². The fourth-order valence-electron chi connectivity index (χ4n) is 3.04.